The highest BCUT2D eigenvalue weighted by Crippen LogP contribution is 2.25. The first kappa shape index (κ1) is 6.30. The minimum Gasteiger partial charge on any atom is -0.333 e. The zero-order chi connectivity index (χ0) is 6.69. The monoisotopic (exact) mass is 121 g/mol. The van der Waals surface area contributed by atoms with Gasteiger partial charge in [0.05, 0.1) is 0 Å². The summed E-state index contributed by atoms with van der Waals surface area (Å²) in [5, 5.41) is 0. The van der Waals surface area contributed by atoms with Gasteiger partial charge in [-0.25, -0.2) is 0 Å². The van der Waals surface area contributed by atoms with E-state index in [-0.39, 0.29) is 0 Å². The van der Waals surface area contributed by atoms with Crippen LogP contribution in [-0.2, 0) is 6.42 Å². The normalized spacial score (nSPS) is 10.9. The van der Waals surface area contributed by atoms with E-state index in [1.807, 2.05) is 0 Å². The summed E-state index contributed by atoms with van der Waals surface area (Å²) in [5.74, 6) is 0. The fourth-order valence-electron chi connectivity index (χ4n) is 0.836. The van der Waals surface area contributed by atoms with Gasteiger partial charge < -0.3 is 5.73 Å². The molecule has 0 heterocycles. The maximum absolute atomic E-state index is 4.50. The van der Waals surface area contributed by atoms with E-state index in [4.69, 9.17) is 0 Å². The van der Waals surface area contributed by atoms with Gasteiger partial charge >= 0.3 is 0 Å². The highest BCUT2D eigenvalue weighted by Gasteiger charge is 2.12. The Morgan fingerprint density at radius 3 is 1.89 bits per heavy atom. The molecule has 48 valence electrons. The van der Waals surface area contributed by atoms with Crippen molar-refractivity contribution in [3.05, 3.63) is 35.4 Å². The molecule has 0 saturated heterocycles. The number of fused-ring (bicyclic) bond motifs is 1. The second kappa shape index (κ2) is 2.65. The van der Waals surface area contributed by atoms with Crippen LogP contribution < -0.4 is 5.73 Å². The fourth-order valence-corrected chi connectivity index (χ4v) is 0.836. The van der Waals surface area contributed by atoms with Crippen molar-refractivity contribution in [3.63, 3.8) is 0 Å². The fraction of sp³-hybridized carbons (Fsp3) is 0.250. The van der Waals surface area contributed by atoms with Crippen molar-refractivity contribution in [3.8, 4) is 0 Å². The molecule has 0 aromatic heterocycles. The summed E-state index contributed by atoms with van der Waals surface area (Å²) in [6.45, 7) is 0. The number of benzene rings is 1. The smallest absolute Gasteiger partial charge is 0.00201 e. The minimum absolute atomic E-state index is 1.24. The summed E-state index contributed by atoms with van der Waals surface area (Å²) < 4.78 is 0. The standard InChI is InChI=1S/C7H6.CH5N/c1-2-4-7-5-6(7)3-1;1-2/h1-4H,5H2;2H2,1H3. The highest BCUT2D eigenvalue weighted by molar-refractivity contribution is 5.44. The summed E-state index contributed by atoms with van der Waals surface area (Å²) in [6.07, 6.45) is 1.24. The molecule has 1 heteroatoms. The van der Waals surface area contributed by atoms with Gasteiger partial charge in [0.15, 0.2) is 0 Å². The molecular formula is C8H11N. The summed E-state index contributed by atoms with van der Waals surface area (Å²) in [6, 6.07) is 8.53. The molecule has 0 spiro atoms. The van der Waals surface area contributed by atoms with Crippen molar-refractivity contribution < 1.29 is 0 Å². The lowest BCUT2D eigenvalue weighted by Crippen LogP contribution is -1.69. The van der Waals surface area contributed by atoms with Crippen molar-refractivity contribution in [2.24, 2.45) is 5.73 Å². The number of hydrogen-bond donors (Lipinski definition) is 1. The van der Waals surface area contributed by atoms with E-state index >= 15 is 0 Å². The maximum atomic E-state index is 4.50. The molecule has 9 heavy (non-hydrogen) atoms. The largest absolute Gasteiger partial charge is 0.333 e. The van der Waals surface area contributed by atoms with Crippen LogP contribution in [0.1, 0.15) is 11.1 Å². The van der Waals surface area contributed by atoms with Crippen molar-refractivity contribution in [2.45, 2.75) is 6.42 Å². The highest BCUT2D eigenvalue weighted by atomic mass is 14.4. The molecule has 0 atom stereocenters. The summed E-state index contributed by atoms with van der Waals surface area (Å²) in [4.78, 5) is 0. The van der Waals surface area contributed by atoms with Crippen LogP contribution in [-0.4, -0.2) is 7.05 Å². The second-order valence-corrected chi connectivity index (χ2v) is 1.95. The molecular weight excluding hydrogens is 110 g/mol. The van der Waals surface area contributed by atoms with Gasteiger partial charge in [0.2, 0.25) is 0 Å². The second-order valence-electron chi connectivity index (χ2n) is 1.95. The molecule has 1 aliphatic rings. The molecule has 0 fully saturated rings. The molecule has 0 saturated carbocycles. The lowest BCUT2D eigenvalue weighted by molar-refractivity contribution is 1.48. The number of rotatable bonds is 0. The average Bonchev–Trinajstić information content (AvgIpc) is 2.69. The van der Waals surface area contributed by atoms with Crippen LogP contribution in [0, 0.1) is 0 Å². The van der Waals surface area contributed by atoms with Crippen molar-refractivity contribution in [2.75, 3.05) is 7.05 Å². The third-order valence-electron chi connectivity index (χ3n) is 1.37. The van der Waals surface area contributed by atoms with Gasteiger partial charge in [0, 0.05) is 0 Å². The van der Waals surface area contributed by atoms with E-state index in [0.717, 1.165) is 0 Å². The number of nitrogens with two attached hydrogens (primary N) is 1. The zero-order valence-electron chi connectivity index (χ0n) is 5.59. The Balaban J connectivity index is 0.000000186. The Kier molecular flexibility index (Phi) is 1.85. The van der Waals surface area contributed by atoms with Crippen LogP contribution >= 0.6 is 0 Å². The van der Waals surface area contributed by atoms with Gasteiger partial charge in [-0.15, -0.1) is 0 Å². The molecule has 1 aromatic carbocycles. The first-order chi connectivity index (χ1) is 4.47. The van der Waals surface area contributed by atoms with E-state index in [2.05, 4.69) is 30.0 Å². The van der Waals surface area contributed by atoms with Crippen LogP contribution in [0.4, 0.5) is 0 Å². The van der Waals surface area contributed by atoms with Gasteiger partial charge in [-0.3, -0.25) is 0 Å². The summed E-state index contributed by atoms with van der Waals surface area (Å²) in [5.41, 5.74) is 7.56. The van der Waals surface area contributed by atoms with Gasteiger partial charge in [0.25, 0.3) is 0 Å². The SMILES string of the molecule is CN.c1ccc2c(c1)C2. The van der Waals surface area contributed by atoms with E-state index in [0.29, 0.717) is 0 Å². The van der Waals surface area contributed by atoms with Crippen LogP contribution in [0.15, 0.2) is 24.3 Å². The van der Waals surface area contributed by atoms with Gasteiger partial charge in [-0.1, -0.05) is 24.3 Å². The molecule has 1 aromatic rings. The van der Waals surface area contributed by atoms with E-state index in [1.54, 1.807) is 0 Å². The average molecular weight is 121 g/mol. The van der Waals surface area contributed by atoms with E-state index < -0.39 is 0 Å². The first-order valence-corrected chi connectivity index (χ1v) is 3.11. The Morgan fingerprint density at radius 1 is 1.11 bits per heavy atom. The Morgan fingerprint density at radius 2 is 1.56 bits per heavy atom. The van der Waals surface area contributed by atoms with Crippen molar-refractivity contribution >= 4 is 0 Å². The van der Waals surface area contributed by atoms with Gasteiger partial charge in [-0.05, 0) is 24.6 Å². The Labute approximate surface area is 55.5 Å². The topological polar surface area (TPSA) is 26.0 Å². The lowest BCUT2D eigenvalue weighted by Gasteiger charge is -1.69. The van der Waals surface area contributed by atoms with E-state index in [1.165, 1.54) is 24.6 Å². The summed E-state index contributed by atoms with van der Waals surface area (Å²) >= 11 is 0. The Hall–Kier alpha value is -0.820. The molecule has 1 nitrogen and oxygen atoms in total. The van der Waals surface area contributed by atoms with Gasteiger partial charge in [0.1, 0.15) is 0 Å². The summed E-state index contributed by atoms with van der Waals surface area (Å²) in [7, 11) is 1.50. The minimum atomic E-state index is 1.24. The first-order valence-electron chi connectivity index (χ1n) is 3.11. The van der Waals surface area contributed by atoms with Crippen LogP contribution in [0.5, 0.6) is 0 Å². The molecule has 2 N–H and O–H groups in total. The number of hydrogen-bond acceptors (Lipinski definition) is 1. The lowest BCUT2D eigenvalue weighted by atomic mass is 10.4. The maximum Gasteiger partial charge on any atom is -0.00201 e. The predicted octanol–water partition coefficient (Wildman–Crippen LogP) is 1.17. The van der Waals surface area contributed by atoms with E-state index in [9.17, 15) is 0 Å². The van der Waals surface area contributed by atoms with Crippen LogP contribution in [0.3, 0.4) is 0 Å². The molecule has 1 aliphatic carbocycles. The van der Waals surface area contributed by atoms with Crippen molar-refractivity contribution in [1.82, 2.24) is 0 Å². The molecule has 2 rings (SSSR count). The molecule has 0 bridgehead atoms. The quantitative estimate of drug-likeness (QED) is 0.556. The third kappa shape index (κ3) is 1.30. The van der Waals surface area contributed by atoms with Crippen LogP contribution in [0.2, 0.25) is 0 Å². The molecule has 0 radical (unpaired) electrons. The predicted molar refractivity (Wildman–Crippen MR) is 39.4 cm³/mol. The van der Waals surface area contributed by atoms with Crippen LogP contribution in [0.25, 0.3) is 0 Å². The third-order valence-corrected chi connectivity index (χ3v) is 1.37. The molecule has 0 unspecified atom stereocenters. The molecule has 0 aliphatic heterocycles. The molecule has 0 amide bonds. The van der Waals surface area contributed by atoms with Crippen molar-refractivity contribution in [1.29, 1.82) is 0 Å². The Bertz CT molecular complexity index is 173. The zero-order valence-corrected chi connectivity index (χ0v) is 5.59. The van der Waals surface area contributed by atoms with Gasteiger partial charge in [-0.2, -0.15) is 0 Å².